The number of pyridine rings is 1. The van der Waals surface area contributed by atoms with Crippen molar-refractivity contribution in [3.63, 3.8) is 0 Å². The first kappa shape index (κ1) is 52.1. The van der Waals surface area contributed by atoms with Gasteiger partial charge >= 0.3 is 0 Å². The summed E-state index contributed by atoms with van der Waals surface area (Å²) in [6.45, 7) is 29.7. The second-order valence-electron chi connectivity index (χ2n) is 23.9. The Hall–Kier alpha value is -6.81. The van der Waals surface area contributed by atoms with Gasteiger partial charge in [0.05, 0.1) is 17.1 Å². The third-order valence-electron chi connectivity index (χ3n) is 14.7. The van der Waals surface area contributed by atoms with Crippen LogP contribution in [0.5, 0.6) is 11.5 Å². The molecule has 0 unspecified atom stereocenters. The number of benzene rings is 7. The van der Waals surface area contributed by atoms with Gasteiger partial charge in [0.25, 0.3) is 6.33 Å². The van der Waals surface area contributed by atoms with Gasteiger partial charge in [-0.25, -0.2) is 4.98 Å². The standard InChI is InChI=1S/C68H68N4O.Pt/c1-64(2,3)50-36-37-69-61(42-50)72-59-35-32-47(46-24-17-14-18-25-46)38-58(59)57-34-33-55(44-60(57)72)73-56-41-52(68(12,13)49-28-21-16-22-29-49)40-54(43-56)71-45-70(62(65(4,5)6)63(71)66(7,8)9)53-31-23-30-51(39-53)67(10,11)48-26-19-15-20-27-48;/h14-42H,1-13H3;/q-2;. The Labute approximate surface area is 454 Å². The summed E-state index contributed by atoms with van der Waals surface area (Å²) in [4.78, 5) is 5.00. The molecule has 0 aliphatic heterocycles. The van der Waals surface area contributed by atoms with Gasteiger partial charge in [0.1, 0.15) is 5.82 Å². The van der Waals surface area contributed by atoms with Crippen molar-refractivity contribution in [3.8, 4) is 39.8 Å². The molecule has 0 atom stereocenters. The van der Waals surface area contributed by atoms with Crippen LogP contribution in [0.15, 0.2) is 176 Å². The van der Waals surface area contributed by atoms with Gasteiger partial charge in [-0.3, -0.25) is 4.57 Å². The molecule has 7 aromatic carbocycles. The van der Waals surface area contributed by atoms with Gasteiger partial charge in [0, 0.05) is 49.7 Å². The van der Waals surface area contributed by atoms with Crippen molar-refractivity contribution in [2.75, 3.05) is 0 Å². The van der Waals surface area contributed by atoms with Gasteiger partial charge in [0.2, 0.25) is 0 Å². The minimum Gasteiger partial charge on any atom is -0.510 e. The normalized spacial score (nSPS) is 12.6. The molecule has 0 amide bonds. The van der Waals surface area contributed by atoms with E-state index in [0.717, 1.165) is 55.8 Å². The Morgan fingerprint density at radius 2 is 1.09 bits per heavy atom. The number of hydrogen-bond acceptors (Lipinski definition) is 2. The third-order valence-corrected chi connectivity index (χ3v) is 14.7. The van der Waals surface area contributed by atoms with E-state index in [4.69, 9.17) is 9.72 Å². The van der Waals surface area contributed by atoms with Crippen molar-refractivity contribution < 1.29 is 30.4 Å². The van der Waals surface area contributed by atoms with Crippen LogP contribution in [-0.4, -0.2) is 14.1 Å². The molecule has 0 saturated heterocycles. The molecule has 10 rings (SSSR count). The van der Waals surface area contributed by atoms with Crippen LogP contribution in [0.25, 0.3) is 50.1 Å². The van der Waals surface area contributed by atoms with Crippen LogP contribution in [0.3, 0.4) is 0 Å². The minimum atomic E-state index is -0.404. The van der Waals surface area contributed by atoms with Gasteiger partial charge < -0.3 is 13.9 Å². The molecule has 0 saturated carbocycles. The molecule has 74 heavy (non-hydrogen) atoms. The molecule has 0 radical (unpaired) electrons. The Bertz CT molecular complexity index is 3640. The van der Waals surface area contributed by atoms with Crippen molar-refractivity contribution in [2.45, 2.75) is 117 Å². The Balaban J connectivity index is 0.00000672. The molecule has 0 N–H and O–H groups in total. The van der Waals surface area contributed by atoms with E-state index >= 15 is 0 Å². The first-order valence-electron chi connectivity index (χ1n) is 25.7. The summed E-state index contributed by atoms with van der Waals surface area (Å²) in [7, 11) is 0. The number of imidazole rings is 1. The van der Waals surface area contributed by atoms with Crippen LogP contribution in [-0.2, 0) is 48.1 Å². The molecule has 3 heterocycles. The van der Waals surface area contributed by atoms with Crippen molar-refractivity contribution in [3.05, 3.63) is 234 Å². The van der Waals surface area contributed by atoms with Gasteiger partial charge in [-0.2, -0.15) is 12.1 Å². The fraction of sp³-hybridized carbons (Fsp3) is 0.265. The second-order valence-corrected chi connectivity index (χ2v) is 23.9. The summed E-state index contributed by atoms with van der Waals surface area (Å²) in [5.41, 5.74) is 13.3. The zero-order valence-electron chi connectivity index (χ0n) is 45.3. The van der Waals surface area contributed by atoms with Crippen molar-refractivity contribution in [1.29, 1.82) is 0 Å². The topological polar surface area (TPSA) is 35.9 Å². The zero-order chi connectivity index (χ0) is 51.7. The maximum atomic E-state index is 7.11. The van der Waals surface area contributed by atoms with Crippen LogP contribution in [0.2, 0.25) is 0 Å². The smallest absolute Gasteiger partial charge is 0.267 e. The summed E-state index contributed by atoms with van der Waals surface area (Å²) >= 11 is 0. The van der Waals surface area contributed by atoms with Crippen LogP contribution < -0.4 is 9.30 Å². The van der Waals surface area contributed by atoms with Crippen LogP contribution >= 0.6 is 0 Å². The van der Waals surface area contributed by atoms with E-state index in [0.29, 0.717) is 11.5 Å². The number of aromatic nitrogens is 4. The zero-order valence-corrected chi connectivity index (χ0v) is 47.5. The number of fused-ring (bicyclic) bond motifs is 3. The summed E-state index contributed by atoms with van der Waals surface area (Å²) in [6.07, 6.45) is 5.87. The van der Waals surface area contributed by atoms with E-state index in [1.807, 2.05) is 12.3 Å². The second kappa shape index (κ2) is 19.5. The van der Waals surface area contributed by atoms with Crippen LogP contribution in [0.1, 0.15) is 129 Å². The molecule has 0 spiro atoms. The van der Waals surface area contributed by atoms with Gasteiger partial charge in [0.15, 0.2) is 0 Å². The number of rotatable bonds is 10. The fourth-order valence-corrected chi connectivity index (χ4v) is 10.5. The summed E-state index contributed by atoms with van der Waals surface area (Å²) in [5.74, 6) is 2.01. The molecule has 5 nitrogen and oxygen atoms in total. The van der Waals surface area contributed by atoms with Crippen molar-refractivity contribution in [1.82, 2.24) is 14.1 Å². The van der Waals surface area contributed by atoms with Gasteiger partial charge in [-0.05, 0) is 96.4 Å². The van der Waals surface area contributed by atoms with E-state index in [1.165, 1.54) is 33.5 Å². The van der Waals surface area contributed by atoms with E-state index in [9.17, 15) is 0 Å². The average molecular weight is 1150 g/mol. The van der Waals surface area contributed by atoms with Crippen LogP contribution in [0.4, 0.5) is 0 Å². The molecule has 3 aromatic heterocycles. The summed E-state index contributed by atoms with van der Waals surface area (Å²) in [6, 6.07) is 68.3. The Morgan fingerprint density at radius 1 is 0.473 bits per heavy atom. The molecular weight excluding hydrogens is 1080 g/mol. The molecule has 378 valence electrons. The monoisotopic (exact) mass is 1150 g/mol. The predicted octanol–water partition coefficient (Wildman–Crippen LogP) is 16.6. The number of nitrogens with zero attached hydrogens (tertiary/aromatic N) is 4. The predicted molar refractivity (Wildman–Crippen MR) is 301 cm³/mol. The Morgan fingerprint density at radius 3 is 1.72 bits per heavy atom. The van der Waals surface area contributed by atoms with Crippen LogP contribution in [0, 0.1) is 18.5 Å². The van der Waals surface area contributed by atoms with E-state index < -0.39 is 5.41 Å². The van der Waals surface area contributed by atoms with Crippen molar-refractivity contribution in [2.24, 2.45) is 0 Å². The quantitative estimate of drug-likeness (QED) is 0.101. The largest absolute Gasteiger partial charge is 0.510 e. The molecule has 0 fully saturated rings. The molecule has 10 aromatic rings. The SMILES string of the molecule is CC(C)(C)c1ccnc(-n2c3[c-]c(Oc4[c-]c(-n5[c-][n+](-c6cccc(C(C)(C)c7ccccc7)c6)c(C(C)(C)C)c5C(C)(C)C)cc(C(C)(C)c5ccccc5)c4)ccc3c3cc(-c4ccccc4)ccc32)c1.[Pt]. The fourth-order valence-electron chi connectivity index (χ4n) is 10.5. The number of hydrogen-bond donors (Lipinski definition) is 0. The maximum absolute atomic E-state index is 7.11. The first-order chi connectivity index (χ1) is 34.6. The van der Waals surface area contributed by atoms with Gasteiger partial charge in [-0.1, -0.05) is 211 Å². The van der Waals surface area contributed by atoms with E-state index in [-0.39, 0.29) is 42.7 Å². The van der Waals surface area contributed by atoms with E-state index in [2.05, 4.69) is 286 Å². The maximum Gasteiger partial charge on any atom is 0.267 e. The minimum absolute atomic E-state index is 0. The molecule has 0 bridgehead atoms. The van der Waals surface area contributed by atoms with E-state index in [1.54, 1.807) is 0 Å². The Kier molecular flexibility index (Phi) is 13.7. The summed E-state index contributed by atoms with van der Waals surface area (Å²) < 4.78 is 13.9. The third kappa shape index (κ3) is 9.84. The summed E-state index contributed by atoms with van der Waals surface area (Å²) in [5, 5.41) is 2.19. The molecule has 0 aliphatic carbocycles. The van der Waals surface area contributed by atoms with Crippen molar-refractivity contribution >= 4 is 21.8 Å². The first-order valence-corrected chi connectivity index (χ1v) is 25.7. The van der Waals surface area contributed by atoms with Gasteiger partial charge in [-0.15, -0.1) is 35.2 Å². The number of ether oxygens (including phenoxy) is 1. The molecular formula is C68H68N4OPt-2. The average Bonchev–Trinajstić information content (AvgIpc) is 3.95. The molecule has 6 heteroatoms. The molecule has 0 aliphatic rings.